The molecular weight excluding hydrogens is 680 g/mol. The SMILES string of the molecule is O=C(O)CCCCN1/C(=C/C=C2\CCCC(/C=C/c3ccc4c5ccccc5ccc4[n+]3CCCCC(=O)O)=C2Cl)C=Cc2c1ccc1ccccc21. The van der Waals surface area contributed by atoms with Crippen LogP contribution in [0.25, 0.3) is 44.6 Å². The minimum absolute atomic E-state index is 0.162. The number of rotatable bonds is 13. The van der Waals surface area contributed by atoms with Crippen LogP contribution in [0.1, 0.15) is 69.0 Å². The molecule has 268 valence electrons. The number of fused-ring (bicyclic) bond motifs is 6. The zero-order chi connectivity index (χ0) is 36.7. The number of anilines is 1. The molecule has 2 aliphatic rings. The number of hydrogen-bond acceptors (Lipinski definition) is 3. The third kappa shape index (κ3) is 8.13. The maximum Gasteiger partial charge on any atom is 0.303 e. The van der Waals surface area contributed by atoms with Crippen LogP contribution in [-0.4, -0.2) is 28.7 Å². The van der Waals surface area contributed by atoms with Crippen LogP contribution in [0.5, 0.6) is 0 Å². The molecule has 53 heavy (non-hydrogen) atoms. The summed E-state index contributed by atoms with van der Waals surface area (Å²) < 4.78 is 2.31. The monoisotopic (exact) mass is 723 g/mol. The van der Waals surface area contributed by atoms with E-state index in [9.17, 15) is 19.8 Å². The second-order valence-corrected chi connectivity index (χ2v) is 14.2. The number of nitrogens with zero attached hydrogens (tertiary/aromatic N) is 2. The van der Waals surface area contributed by atoms with E-state index in [0.717, 1.165) is 70.9 Å². The van der Waals surface area contributed by atoms with E-state index in [4.69, 9.17) is 11.6 Å². The highest BCUT2D eigenvalue weighted by atomic mass is 35.5. The number of carboxylic acids is 2. The summed E-state index contributed by atoms with van der Waals surface area (Å²) in [5, 5.41) is 25.2. The van der Waals surface area contributed by atoms with Crippen molar-refractivity contribution in [3.05, 3.63) is 142 Å². The Morgan fingerprint density at radius 2 is 1.43 bits per heavy atom. The van der Waals surface area contributed by atoms with Crippen LogP contribution >= 0.6 is 11.6 Å². The van der Waals surface area contributed by atoms with Crippen LogP contribution in [0, 0.1) is 0 Å². The van der Waals surface area contributed by atoms with Crippen molar-refractivity contribution >= 4 is 73.8 Å². The average molecular weight is 724 g/mol. The number of aromatic nitrogens is 1. The Kier molecular flexibility index (Phi) is 11.2. The molecule has 1 aliphatic carbocycles. The van der Waals surface area contributed by atoms with Gasteiger partial charge in [-0.2, -0.15) is 4.57 Å². The van der Waals surface area contributed by atoms with Gasteiger partial charge in [-0.05, 0) is 102 Å². The molecule has 2 N–H and O–H groups in total. The summed E-state index contributed by atoms with van der Waals surface area (Å²) in [6, 6.07) is 29.8. The number of aliphatic carboxylic acids is 2. The zero-order valence-electron chi connectivity index (χ0n) is 29.8. The van der Waals surface area contributed by atoms with Crippen molar-refractivity contribution in [3.8, 4) is 0 Å². The molecule has 0 amide bonds. The number of hydrogen-bond donors (Lipinski definition) is 2. The predicted octanol–water partition coefficient (Wildman–Crippen LogP) is 11.0. The maximum atomic E-state index is 11.2. The van der Waals surface area contributed by atoms with Crippen molar-refractivity contribution in [2.45, 2.75) is 64.3 Å². The molecule has 0 unspecified atom stereocenters. The molecule has 6 nitrogen and oxygen atoms in total. The summed E-state index contributed by atoms with van der Waals surface area (Å²) in [5.74, 6) is -1.53. The van der Waals surface area contributed by atoms with Crippen molar-refractivity contribution in [1.82, 2.24) is 0 Å². The third-order valence-electron chi connectivity index (χ3n) is 10.4. The van der Waals surface area contributed by atoms with Crippen molar-refractivity contribution in [3.63, 3.8) is 0 Å². The fourth-order valence-corrected chi connectivity index (χ4v) is 7.96. The standard InChI is InChI=1S/C46H43ClN2O4/c47-46-34(18-22-36-24-26-40-38-14-3-1-10-32(38)20-28-42(40)48(36)30-7-5-16-44(50)51)12-9-13-35(46)19-23-37-25-27-41-39-15-4-2-11-33(39)21-29-43(41)49(37)31-8-6-17-45(52)53/h1-4,10-11,14-15,18-29H,5-9,12-13,16-17,30-31H2,(H-,50,51,52,53)/p+1. The van der Waals surface area contributed by atoms with Gasteiger partial charge in [0.05, 0.1) is 5.39 Å². The van der Waals surface area contributed by atoms with Crippen molar-refractivity contribution in [2.75, 3.05) is 11.4 Å². The Morgan fingerprint density at radius 1 is 0.717 bits per heavy atom. The fourth-order valence-electron chi connectivity index (χ4n) is 7.65. The normalized spacial score (nSPS) is 16.1. The molecule has 0 fully saturated rings. The molecule has 4 aromatic carbocycles. The Bertz CT molecular complexity index is 2370. The molecule has 7 rings (SSSR count). The smallest absolute Gasteiger partial charge is 0.303 e. The number of allylic oxidation sites excluding steroid dienone is 7. The van der Waals surface area contributed by atoms with Crippen molar-refractivity contribution in [2.24, 2.45) is 0 Å². The predicted molar refractivity (Wildman–Crippen MR) is 217 cm³/mol. The molecule has 7 heteroatoms. The lowest BCUT2D eigenvalue weighted by Crippen LogP contribution is -2.38. The average Bonchev–Trinajstić information content (AvgIpc) is 3.17. The van der Waals surface area contributed by atoms with E-state index in [1.54, 1.807) is 0 Å². The number of aryl methyl sites for hydroxylation is 1. The third-order valence-corrected chi connectivity index (χ3v) is 10.8. The van der Waals surface area contributed by atoms with Crippen LogP contribution in [0.15, 0.2) is 131 Å². The molecule has 1 aliphatic heterocycles. The lowest BCUT2D eigenvalue weighted by molar-refractivity contribution is -0.673. The Balaban J connectivity index is 1.19. The Morgan fingerprint density at radius 3 is 2.23 bits per heavy atom. The highest BCUT2D eigenvalue weighted by Crippen LogP contribution is 2.38. The van der Waals surface area contributed by atoms with Gasteiger partial charge in [-0.25, -0.2) is 0 Å². The van der Waals surface area contributed by atoms with E-state index in [1.165, 1.54) is 32.5 Å². The summed E-state index contributed by atoms with van der Waals surface area (Å²) in [4.78, 5) is 24.8. The molecule has 0 radical (unpaired) electrons. The van der Waals surface area contributed by atoms with E-state index < -0.39 is 11.9 Å². The van der Waals surface area contributed by atoms with Gasteiger partial charge in [0.2, 0.25) is 11.2 Å². The van der Waals surface area contributed by atoms with Gasteiger partial charge in [0.15, 0.2) is 0 Å². The van der Waals surface area contributed by atoms with Crippen LogP contribution in [0.4, 0.5) is 5.69 Å². The summed E-state index contributed by atoms with van der Waals surface area (Å²) >= 11 is 7.16. The van der Waals surface area contributed by atoms with Crippen LogP contribution in [0.3, 0.4) is 0 Å². The van der Waals surface area contributed by atoms with Gasteiger partial charge in [0.1, 0.15) is 6.54 Å². The first-order chi connectivity index (χ1) is 25.9. The first-order valence-electron chi connectivity index (χ1n) is 18.6. The Hall–Kier alpha value is -5.46. The summed E-state index contributed by atoms with van der Waals surface area (Å²) in [5.41, 5.74) is 7.72. The summed E-state index contributed by atoms with van der Waals surface area (Å²) in [7, 11) is 0. The van der Waals surface area contributed by atoms with E-state index in [2.05, 4.69) is 131 Å². The Labute approximate surface area is 315 Å². The molecule has 0 saturated carbocycles. The van der Waals surface area contributed by atoms with Gasteiger partial charge in [0, 0.05) is 66.0 Å². The van der Waals surface area contributed by atoms with E-state index in [0.29, 0.717) is 25.9 Å². The van der Waals surface area contributed by atoms with Gasteiger partial charge < -0.3 is 15.1 Å². The first-order valence-corrected chi connectivity index (χ1v) is 19.0. The number of carbonyl (C=O) groups is 2. The van der Waals surface area contributed by atoms with Gasteiger partial charge in [0.25, 0.3) is 0 Å². The molecular formula is C46H44ClN2O4+. The molecule has 0 spiro atoms. The van der Waals surface area contributed by atoms with Gasteiger partial charge >= 0.3 is 11.9 Å². The van der Waals surface area contributed by atoms with Gasteiger partial charge in [-0.3, -0.25) is 9.59 Å². The first kappa shape index (κ1) is 35.9. The highest BCUT2D eigenvalue weighted by Gasteiger charge is 2.21. The van der Waals surface area contributed by atoms with Crippen LogP contribution < -0.4 is 9.47 Å². The number of carboxylic acid groups (broad SMARTS) is 2. The number of benzene rings is 4. The molecule has 2 heterocycles. The fraction of sp³-hybridized carbons (Fsp3) is 0.239. The van der Waals surface area contributed by atoms with E-state index >= 15 is 0 Å². The quantitative estimate of drug-likeness (QED) is 0.0718. The van der Waals surface area contributed by atoms with Crippen molar-refractivity contribution < 1.29 is 24.4 Å². The maximum absolute atomic E-state index is 11.2. The van der Waals surface area contributed by atoms with Crippen LogP contribution in [0.2, 0.25) is 0 Å². The minimum Gasteiger partial charge on any atom is -0.481 e. The topological polar surface area (TPSA) is 81.7 Å². The molecule has 0 atom stereocenters. The minimum atomic E-state index is -0.765. The lowest BCUT2D eigenvalue weighted by atomic mass is 9.93. The molecule has 0 saturated heterocycles. The lowest BCUT2D eigenvalue weighted by Gasteiger charge is -2.31. The number of unbranched alkanes of at least 4 members (excludes halogenated alkanes) is 2. The second-order valence-electron chi connectivity index (χ2n) is 13.8. The van der Waals surface area contributed by atoms with Crippen molar-refractivity contribution in [1.29, 1.82) is 0 Å². The second kappa shape index (κ2) is 16.5. The summed E-state index contributed by atoms with van der Waals surface area (Å²) in [6.45, 7) is 1.43. The van der Waals surface area contributed by atoms with Crippen LogP contribution in [-0.2, 0) is 16.1 Å². The molecule has 1 aromatic heterocycles. The van der Waals surface area contributed by atoms with E-state index in [-0.39, 0.29) is 12.8 Å². The number of pyridine rings is 1. The van der Waals surface area contributed by atoms with E-state index in [1.807, 2.05) is 0 Å². The van der Waals surface area contributed by atoms with Gasteiger partial charge in [-0.15, -0.1) is 0 Å². The van der Waals surface area contributed by atoms with Gasteiger partial charge in [-0.1, -0.05) is 84.4 Å². The molecule has 5 aromatic rings. The zero-order valence-corrected chi connectivity index (χ0v) is 30.6. The largest absolute Gasteiger partial charge is 0.481 e. The highest BCUT2D eigenvalue weighted by molar-refractivity contribution is 6.32. The summed E-state index contributed by atoms with van der Waals surface area (Å²) in [6.07, 6.45) is 18.8. The molecule has 0 bridgehead atoms. The number of halogens is 1.